The largest absolute Gasteiger partial charge is 0.377 e. The van der Waals surface area contributed by atoms with Gasteiger partial charge >= 0.3 is 0 Å². The molecule has 3 fully saturated rings. The summed E-state index contributed by atoms with van der Waals surface area (Å²) in [5.41, 5.74) is 1.87. The first-order valence-corrected chi connectivity index (χ1v) is 9.46. The Kier molecular flexibility index (Phi) is 2.81. The number of hydrogen-bond donors (Lipinski definition) is 1. The van der Waals surface area contributed by atoms with Crippen molar-refractivity contribution in [2.75, 3.05) is 6.61 Å². The van der Waals surface area contributed by atoms with Gasteiger partial charge in [-0.2, -0.15) is 0 Å². The Hall–Kier alpha value is -0.450. The molecule has 1 saturated heterocycles. The molecular formula is C17H24N2OS. The van der Waals surface area contributed by atoms with Crippen LogP contribution in [-0.4, -0.2) is 23.7 Å². The van der Waals surface area contributed by atoms with Gasteiger partial charge in [-0.15, -0.1) is 11.3 Å². The highest BCUT2D eigenvalue weighted by Crippen LogP contribution is 2.63. The molecule has 0 bridgehead atoms. The first-order chi connectivity index (χ1) is 10.3. The zero-order valence-electron chi connectivity index (χ0n) is 12.7. The van der Waals surface area contributed by atoms with Crippen molar-refractivity contribution in [2.45, 2.75) is 70.1 Å². The van der Waals surface area contributed by atoms with Gasteiger partial charge in [-0.1, -0.05) is 6.42 Å². The van der Waals surface area contributed by atoms with Crippen molar-refractivity contribution in [3.63, 3.8) is 0 Å². The standard InChI is InChI=1S/C17H24N2OS/c1-10(16-19-12-4-2-5-13(12)21-16)18-14-11-6-9-20-15(11)17(14)7-3-8-17/h10-11,14-15,18H,2-9H2,1H3/t10-,11-,14+,15-/m0/s1. The zero-order valence-corrected chi connectivity index (χ0v) is 13.5. The maximum absolute atomic E-state index is 6.02. The summed E-state index contributed by atoms with van der Waals surface area (Å²) in [6.07, 6.45) is 9.71. The van der Waals surface area contributed by atoms with Crippen molar-refractivity contribution >= 4 is 11.3 Å². The molecule has 3 aliphatic carbocycles. The SMILES string of the molecule is C[C@H](N[C@@H]1[C@@H]2CCO[C@@H]2C12CCC2)c1nc2c(s1)CCC2. The molecule has 4 atom stereocenters. The fourth-order valence-corrected chi connectivity index (χ4v) is 6.40. The summed E-state index contributed by atoms with van der Waals surface area (Å²) < 4.78 is 6.02. The molecule has 0 amide bonds. The van der Waals surface area contributed by atoms with E-state index in [1.54, 1.807) is 4.88 Å². The van der Waals surface area contributed by atoms with E-state index in [1.807, 2.05) is 11.3 Å². The van der Waals surface area contributed by atoms with Crippen LogP contribution < -0.4 is 5.32 Å². The first-order valence-electron chi connectivity index (χ1n) is 8.64. The van der Waals surface area contributed by atoms with Gasteiger partial charge in [-0.25, -0.2) is 4.98 Å². The number of hydrogen-bond acceptors (Lipinski definition) is 4. The highest BCUT2D eigenvalue weighted by Gasteiger charge is 2.66. The third-order valence-electron chi connectivity index (χ3n) is 6.45. The summed E-state index contributed by atoms with van der Waals surface area (Å²) in [6, 6.07) is 1.08. The van der Waals surface area contributed by atoms with Crippen LogP contribution >= 0.6 is 11.3 Å². The lowest BCUT2D eigenvalue weighted by Crippen LogP contribution is -2.71. The predicted molar refractivity (Wildman–Crippen MR) is 83.6 cm³/mol. The minimum Gasteiger partial charge on any atom is -0.377 e. The lowest BCUT2D eigenvalue weighted by Gasteiger charge is -2.64. The summed E-state index contributed by atoms with van der Waals surface area (Å²) in [4.78, 5) is 6.45. The molecule has 1 aromatic rings. The summed E-state index contributed by atoms with van der Waals surface area (Å²) in [7, 11) is 0. The first kappa shape index (κ1) is 13.0. The van der Waals surface area contributed by atoms with Gasteiger partial charge in [0.25, 0.3) is 0 Å². The molecule has 5 rings (SSSR count). The van der Waals surface area contributed by atoms with Gasteiger partial charge in [-0.05, 0) is 45.4 Å². The van der Waals surface area contributed by atoms with Crippen molar-refractivity contribution < 1.29 is 4.74 Å². The number of fused-ring (bicyclic) bond motifs is 3. The van der Waals surface area contributed by atoms with Gasteiger partial charge in [-0.3, -0.25) is 0 Å². The van der Waals surface area contributed by atoms with Gasteiger partial charge in [0.2, 0.25) is 0 Å². The van der Waals surface area contributed by atoms with E-state index < -0.39 is 0 Å². The van der Waals surface area contributed by atoms with Crippen LogP contribution in [0.5, 0.6) is 0 Å². The number of aromatic nitrogens is 1. The average molecular weight is 304 g/mol. The molecule has 114 valence electrons. The average Bonchev–Trinajstić information content (AvgIpc) is 3.07. The van der Waals surface area contributed by atoms with Gasteiger partial charge < -0.3 is 10.1 Å². The van der Waals surface area contributed by atoms with E-state index in [1.165, 1.54) is 55.6 Å². The predicted octanol–water partition coefficient (Wildman–Crippen LogP) is 3.24. The molecule has 2 heterocycles. The Morgan fingerprint density at radius 3 is 3.00 bits per heavy atom. The molecule has 3 nitrogen and oxygen atoms in total. The van der Waals surface area contributed by atoms with E-state index in [4.69, 9.17) is 9.72 Å². The van der Waals surface area contributed by atoms with Crippen LogP contribution in [0.1, 0.15) is 60.6 Å². The molecule has 1 aliphatic heterocycles. The topological polar surface area (TPSA) is 34.1 Å². The van der Waals surface area contributed by atoms with E-state index in [9.17, 15) is 0 Å². The second kappa shape index (κ2) is 4.53. The van der Waals surface area contributed by atoms with Crippen molar-refractivity contribution in [1.29, 1.82) is 0 Å². The minimum absolute atomic E-state index is 0.407. The van der Waals surface area contributed by atoms with E-state index in [2.05, 4.69) is 12.2 Å². The Bertz CT molecular complexity index is 544. The maximum Gasteiger partial charge on any atom is 0.110 e. The number of aryl methyl sites for hydroxylation is 2. The number of nitrogens with zero attached hydrogens (tertiary/aromatic N) is 1. The van der Waals surface area contributed by atoms with Gasteiger partial charge in [0, 0.05) is 28.9 Å². The molecule has 4 aliphatic rings. The Labute approximate surface area is 130 Å². The quantitative estimate of drug-likeness (QED) is 0.931. The molecule has 0 aromatic carbocycles. The highest BCUT2D eigenvalue weighted by atomic mass is 32.1. The lowest BCUT2D eigenvalue weighted by atomic mass is 9.46. The molecule has 21 heavy (non-hydrogen) atoms. The molecule has 0 unspecified atom stereocenters. The summed E-state index contributed by atoms with van der Waals surface area (Å²) in [5, 5.41) is 5.27. The van der Waals surface area contributed by atoms with Crippen LogP contribution in [0.15, 0.2) is 0 Å². The zero-order chi connectivity index (χ0) is 14.0. The highest BCUT2D eigenvalue weighted by molar-refractivity contribution is 7.11. The second-order valence-corrected chi connectivity index (χ2v) is 8.59. The maximum atomic E-state index is 6.02. The Morgan fingerprint density at radius 1 is 1.33 bits per heavy atom. The van der Waals surface area contributed by atoms with Crippen LogP contribution in [0.4, 0.5) is 0 Å². The van der Waals surface area contributed by atoms with Crippen molar-refractivity contribution in [3.05, 3.63) is 15.6 Å². The van der Waals surface area contributed by atoms with Crippen LogP contribution in [0, 0.1) is 11.3 Å². The summed E-state index contributed by atoms with van der Waals surface area (Å²) in [5.74, 6) is 0.763. The molecule has 4 heteroatoms. The monoisotopic (exact) mass is 304 g/mol. The fraction of sp³-hybridized carbons (Fsp3) is 0.824. The van der Waals surface area contributed by atoms with Gasteiger partial charge in [0.15, 0.2) is 0 Å². The van der Waals surface area contributed by atoms with E-state index in [0.29, 0.717) is 23.6 Å². The normalized spacial score (nSPS) is 36.9. The van der Waals surface area contributed by atoms with E-state index >= 15 is 0 Å². The Balaban J connectivity index is 1.34. The van der Waals surface area contributed by atoms with Crippen molar-refractivity contribution in [1.82, 2.24) is 10.3 Å². The molecular weight excluding hydrogens is 280 g/mol. The van der Waals surface area contributed by atoms with Crippen LogP contribution in [-0.2, 0) is 17.6 Å². The third-order valence-corrected chi connectivity index (χ3v) is 7.79. The van der Waals surface area contributed by atoms with E-state index in [-0.39, 0.29) is 0 Å². The molecule has 1 spiro atoms. The van der Waals surface area contributed by atoms with Crippen molar-refractivity contribution in [2.24, 2.45) is 11.3 Å². The fourth-order valence-electron chi connectivity index (χ4n) is 5.23. The minimum atomic E-state index is 0.407. The number of ether oxygens (including phenoxy) is 1. The molecule has 1 N–H and O–H groups in total. The molecule has 1 aromatic heterocycles. The summed E-state index contributed by atoms with van der Waals surface area (Å²) >= 11 is 1.95. The van der Waals surface area contributed by atoms with Crippen molar-refractivity contribution in [3.8, 4) is 0 Å². The lowest BCUT2D eigenvalue weighted by molar-refractivity contribution is -0.178. The number of nitrogens with one attached hydrogen (secondary N) is 1. The Morgan fingerprint density at radius 2 is 2.24 bits per heavy atom. The molecule has 0 radical (unpaired) electrons. The van der Waals surface area contributed by atoms with Gasteiger partial charge in [0.05, 0.1) is 17.8 Å². The molecule has 2 saturated carbocycles. The number of rotatable bonds is 3. The van der Waals surface area contributed by atoms with E-state index in [0.717, 1.165) is 12.5 Å². The smallest absolute Gasteiger partial charge is 0.110 e. The number of thiazole rings is 1. The third kappa shape index (κ3) is 1.70. The van der Waals surface area contributed by atoms with Crippen LogP contribution in [0.2, 0.25) is 0 Å². The second-order valence-electron chi connectivity index (χ2n) is 7.47. The van der Waals surface area contributed by atoms with Crippen LogP contribution in [0.25, 0.3) is 0 Å². The van der Waals surface area contributed by atoms with Crippen LogP contribution in [0.3, 0.4) is 0 Å². The summed E-state index contributed by atoms with van der Waals surface area (Å²) in [6.45, 7) is 3.29. The van der Waals surface area contributed by atoms with Gasteiger partial charge in [0.1, 0.15) is 5.01 Å².